The average molecular weight is 256 g/mol. The van der Waals surface area contributed by atoms with E-state index in [-0.39, 0.29) is 10.9 Å². The van der Waals surface area contributed by atoms with Gasteiger partial charge in [-0.3, -0.25) is 0 Å². The van der Waals surface area contributed by atoms with Crippen LogP contribution in [0, 0.1) is 5.82 Å². The van der Waals surface area contributed by atoms with Crippen LogP contribution < -0.4 is 5.73 Å². The first-order valence-corrected chi connectivity index (χ1v) is 5.56. The lowest BCUT2D eigenvalue weighted by molar-refractivity contribution is 0.421. The molecule has 0 spiro atoms. The lowest BCUT2D eigenvalue weighted by Crippen LogP contribution is -2.01. The van der Waals surface area contributed by atoms with Crippen molar-refractivity contribution in [2.24, 2.45) is 5.73 Å². The molecule has 2 rings (SSSR count). The highest BCUT2D eigenvalue weighted by Crippen LogP contribution is 2.22. The molecule has 0 aliphatic heterocycles. The summed E-state index contributed by atoms with van der Waals surface area (Å²) in [4.78, 5) is 4.15. The van der Waals surface area contributed by atoms with Crippen molar-refractivity contribution in [1.29, 1.82) is 0 Å². The van der Waals surface area contributed by atoms with Crippen LogP contribution in [0.3, 0.4) is 0 Å². The lowest BCUT2D eigenvalue weighted by atomic mass is 10.2. The highest BCUT2D eigenvalue weighted by atomic mass is 35.5. The SMILES string of the molecule is NCCCc1noc(-c2ccc(Cl)c(F)c2)n1. The van der Waals surface area contributed by atoms with Gasteiger partial charge in [-0.1, -0.05) is 16.8 Å². The van der Waals surface area contributed by atoms with E-state index in [1.807, 2.05) is 0 Å². The second kappa shape index (κ2) is 5.25. The Morgan fingerprint density at radius 3 is 2.94 bits per heavy atom. The van der Waals surface area contributed by atoms with Gasteiger partial charge in [0.2, 0.25) is 0 Å². The predicted molar refractivity (Wildman–Crippen MR) is 62.1 cm³/mol. The molecule has 0 unspecified atom stereocenters. The normalized spacial score (nSPS) is 10.8. The molecule has 0 bridgehead atoms. The molecule has 4 nitrogen and oxygen atoms in total. The van der Waals surface area contributed by atoms with Gasteiger partial charge in [0.25, 0.3) is 5.89 Å². The number of nitrogens with zero attached hydrogens (tertiary/aromatic N) is 2. The predicted octanol–water partition coefficient (Wildman–Crippen LogP) is 2.42. The summed E-state index contributed by atoms with van der Waals surface area (Å²) < 4.78 is 18.3. The Hall–Kier alpha value is -1.46. The van der Waals surface area contributed by atoms with E-state index in [2.05, 4.69) is 10.1 Å². The van der Waals surface area contributed by atoms with Crippen LogP contribution in [0.1, 0.15) is 12.2 Å². The second-order valence-corrected chi connectivity index (χ2v) is 3.94. The Morgan fingerprint density at radius 2 is 2.24 bits per heavy atom. The number of halogens is 2. The van der Waals surface area contributed by atoms with Crippen molar-refractivity contribution in [1.82, 2.24) is 10.1 Å². The van der Waals surface area contributed by atoms with Gasteiger partial charge in [0.1, 0.15) is 5.82 Å². The minimum absolute atomic E-state index is 0.0663. The van der Waals surface area contributed by atoms with Gasteiger partial charge in [0.15, 0.2) is 5.82 Å². The molecule has 2 aromatic rings. The molecule has 0 fully saturated rings. The molecule has 0 aliphatic carbocycles. The summed E-state index contributed by atoms with van der Waals surface area (Å²) in [5.74, 6) is 0.347. The second-order valence-electron chi connectivity index (χ2n) is 3.54. The summed E-state index contributed by atoms with van der Waals surface area (Å²) in [6, 6.07) is 4.35. The Labute approximate surface area is 103 Å². The van der Waals surface area contributed by atoms with Crippen LogP contribution in [-0.4, -0.2) is 16.7 Å². The summed E-state index contributed by atoms with van der Waals surface area (Å²) in [6.07, 6.45) is 1.43. The topological polar surface area (TPSA) is 64.9 Å². The van der Waals surface area contributed by atoms with Crippen LogP contribution in [0.4, 0.5) is 4.39 Å². The molecule has 0 atom stereocenters. The fourth-order valence-electron chi connectivity index (χ4n) is 1.36. The van der Waals surface area contributed by atoms with Crippen molar-refractivity contribution >= 4 is 11.6 Å². The third kappa shape index (κ3) is 2.81. The fourth-order valence-corrected chi connectivity index (χ4v) is 1.48. The molecule has 0 radical (unpaired) electrons. The largest absolute Gasteiger partial charge is 0.334 e. The number of aryl methyl sites for hydroxylation is 1. The highest BCUT2D eigenvalue weighted by Gasteiger charge is 2.10. The first kappa shape index (κ1) is 12.0. The molecule has 1 aromatic heterocycles. The molecule has 0 amide bonds. The zero-order valence-corrected chi connectivity index (χ0v) is 9.75. The zero-order chi connectivity index (χ0) is 12.3. The Bertz CT molecular complexity index is 515. The number of rotatable bonds is 4. The molecule has 17 heavy (non-hydrogen) atoms. The molecular formula is C11H11ClFN3O. The molecule has 1 aromatic carbocycles. The summed E-state index contributed by atoms with van der Waals surface area (Å²) in [5, 5.41) is 3.85. The molecule has 0 aliphatic rings. The third-order valence-electron chi connectivity index (χ3n) is 2.24. The van der Waals surface area contributed by atoms with Gasteiger partial charge in [-0.2, -0.15) is 4.98 Å². The van der Waals surface area contributed by atoms with Gasteiger partial charge in [-0.05, 0) is 31.2 Å². The Morgan fingerprint density at radius 1 is 1.41 bits per heavy atom. The van der Waals surface area contributed by atoms with Crippen molar-refractivity contribution in [2.45, 2.75) is 12.8 Å². The molecule has 1 heterocycles. The van der Waals surface area contributed by atoms with E-state index in [1.165, 1.54) is 12.1 Å². The summed E-state index contributed by atoms with van der Waals surface area (Å²) >= 11 is 5.59. The van der Waals surface area contributed by atoms with Gasteiger partial charge in [0, 0.05) is 12.0 Å². The number of hydrogen-bond acceptors (Lipinski definition) is 4. The van der Waals surface area contributed by atoms with Crippen LogP contribution >= 0.6 is 11.6 Å². The van der Waals surface area contributed by atoms with Gasteiger partial charge in [-0.25, -0.2) is 4.39 Å². The van der Waals surface area contributed by atoms with Crippen LogP contribution in [-0.2, 0) is 6.42 Å². The van der Waals surface area contributed by atoms with Gasteiger partial charge in [0.05, 0.1) is 5.02 Å². The number of nitrogens with two attached hydrogens (primary N) is 1. The molecule has 0 saturated heterocycles. The molecule has 2 N–H and O–H groups in total. The van der Waals surface area contributed by atoms with Crippen LogP contribution in [0.5, 0.6) is 0 Å². The van der Waals surface area contributed by atoms with E-state index < -0.39 is 5.82 Å². The fraction of sp³-hybridized carbons (Fsp3) is 0.273. The summed E-state index contributed by atoms with van der Waals surface area (Å²) in [7, 11) is 0. The average Bonchev–Trinajstić information content (AvgIpc) is 2.79. The smallest absolute Gasteiger partial charge is 0.258 e. The van der Waals surface area contributed by atoms with E-state index in [9.17, 15) is 4.39 Å². The molecule has 90 valence electrons. The van der Waals surface area contributed by atoms with Crippen molar-refractivity contribution in [3.05, 3.63) is 34.9 Å². The van der Waals surface area contributed by atoms with Gasteiger partial charge >= 0.3 is 0 Å². The minimum Gasteiger partial charge on any atom is -0.334 e. The number of aromatic nitrogens is 2. The maximum Gasteiger partial charge on any atom is 0.258 e. The minimum atomic E-state index is -0.508. The lowest BCUT2D eigenvalue weighted by Gasteiger charge is -1.96. The van der Waals surface area contributed by atoms with E-state index >= 15 is 0 Å². The van der Waals surface area contributed by atoms with E-state index in [4.69, 9.17) is 21.9 Å². The zero-order valence-electron chi connectivity index (χ0n) is 8.99. The van der Waals surface area contributed by atoms with Gasteiger partial charge in [-0.15, -0.1) is 0 Å². The quantitative estimate of drug-likeness (QED) is 0.911. The van der Waals surface area contributed by atoms with Crippen LogP contribution in [0.2, 0.25) is 5.02 Å². The van der Waals surface area contributed by atoms with Crippen LogP contribution in [0.25, 0.3) is 11.5 Å². The van der Waals surface area contributed by atoms with Crippen LogP contribution in [0.15, 0.2) is 22.7 Å². The summed E-state index contributed by atoms with van der Waals surface area (Å²) in [6.45, 7) is 0.569. The monoisotopic (exact) mass is 255 g/mol. The first-order valence-electron chi connectivity index (χ1n) is 5.19. The molecule has 0 saturated carbocycles. The first-order chi connectivity index (χ1) is 8.20. The maximum atomic E-state index is 13.2. The number of hydrogen-bond donors (Lipinski definition) is 1. The highest BCUT2D eigenvalue weighted by molar-refractivity contribution is 6.30. The van der Waals surface area contributed by atoms with E-state index in [0.29, 0.717) is 24.4 Å². The van der Waals surface area contributed by atoms with E-state index in [0.717, 1.165) is 6.42 Å². The summed E-state index contributed by atoms with van der Waals surface area (Å²) in [5.41, 5.74) is 5.89. The Kier molecular flexibility index (Phi) is 3.71. The molecule has 6 heteroatoms. The molecular weight excluding hydrogens is 245 g/mol. The van der Waals surface area contributed by atoms with Crippen molar-refractivity contribution < 1.29 is 8.91 Å². The third-order valence-corrected chi connectivity index (χ3v) is 2.55. The van der Waals surface area contributed by atoms with Crippen molar-refractivity contribution in [3.8, 4) is 11.5 Å². The van der Waals surface area contributed by atoms with Gasteiger partial charge < -0.3 is 10.3 Å². The van der Waals surface area contributed by atoms with Crippen molar-refractivity contribution in [2.75, 3.05) is 6.54 Å². The maximum absolute atomic E-state index is 13.2. The number of benzene rings is 1. The van der Waals surface area contributed by atoms with E-state index in [1.54, 1.807) is 6.07 Å². The standard InChI is InChI=1S/C11H11ClFN3O/c12-8-4-3-7(6-9(8)13)11-15-10(16-17-11)2-1-5-14/h3-4,6H,1-2,5,14H2. The van der Waals surface area contributed by atoms with Crippen molar-refractivity contribution in [3.63, 3.8) is 0 Å². The Balaban J connectivity index is 2.21.